The van der Waals surface area contributed by atoms with E-state index in [1.54, 1.807) is 6.07 Å². The number of ketones is 1. The van der Waals surface area contributed by atoms with Crippen molar-refractivity contribution >= 4 is 11.7 Å². The van der Waals surface area contributed by atoms with E-state index in [0.717, 1.165) is 24.0 Å². The summed E-state index contributed by atoms with van der Waals surface area (Å²) in [5.74, 6) is -0.0158. The second kappa shape index (κ2) is 7.95. The first-order valence-corrected chi connectivity index (χ1v) is 9.92. The number of fused-ring (bicyclic) bond motifs is 1. The molecule has 0 aliphatic carbocycles. The lowest BCUT2D eigenvalue weighted by Gasteiger charge is -2.16. The third kappa shape index (κ3) is 4.03. The number of Topliss-reactive ketones (excluding diaryl/α,β-unsaturated/α-hetero) is 1. The quantitative estimate of drug-likeness (QED) is 0.783. The molecule has 0 aromatic heterocycles. The molecule has 1 saturated heterocycles. The minimum absolute atomic E-state index is 0.112. The Balaban J connectivity index is 1.56. The standard InChI is InChI=1S/C23H24FNO4/c1-13-8-16-10-17(12-25-23(27)21-4-3-7-28-21)29-22(16)19(9-13)18-11-15(14(2)26)5-6-20(18)24/h5-6,8-9,11,17,21H,3-4,7,10,12H2,1-2H3,(H,25,27)/t17-,21-/m0/s1. The average molecular weight is 397 g/mol. The lowest BCUT2D eigenvalue weighted by atomic mass is 9.95. The molecule has 0 bridgehead atoms. The molecule has 5 nitrogen and oxygen atoms in total. The number of benzene rings is 2. The van der Waals surface area contributed by atoms with Crippen molar-refractivity contribution in [3.05, 3.63) is 52.8 Å². The van der Waals surface area contributed by atoms with Gasteiger partial charge < -0.3 is 14.8 Å². The fraction of sp³-hybridized carbons (Fsp3) is 0.391. The third-order valence-corrected chi connectivity index (χ3v) is 5.43. The van der Waals surface area contributed by atoms with Gasteiger partial charge in [-0.1, -0.05) is 6.07 Å². The van der Waals surface area contributed by atoms with Crippen molar-refractivity contribution in [1.82, 2.24) is 5.32 Å². The highest BCUT2D eigenvalue weighted by Crippen LogP contribution is 2.41. The van der Waals surface area contributed by atoms with E-state index in [1.165, 1.54) is 19.1 Å². The van der Waals surface area contributed by atoms with E-state index < -0.39 is 5.82 Å². The molecular weight excluding hydrogens is 373 g/mol. The highest BCUT2D eigenvalue weighted by molar-refractivity contribution is 5.95. The van der Waals surface area contributed by atoms with Crippen LogP contribution in [0.25, 0.3) is 11.1 Å². The predicted molar refractivity (Wildman–Crippen MR) is 107 cm³/mol. The number of hydrogen-bond acceptors (Lipinski definition) is 4. The lowest BCUT2D eigenvalue weighted by molar-refractivity contribution is -0.130. The van der Waals surface area contributed by atoms with Crippen LogP contribution in [0, 0.1) is 12.7 Å². The molecule has 1 N–H and O–H groups in total. The Kier molecular flexibility index (Phi) is 5.37. The van der Waals surface area contributed by atoms with Crippen LogP contribution in [-0.4, -0.2) is 37.0 Å². The number of amides is 1. The van der Waals surface area contributed by atoms with Crippen LogP contribution in [-0.2, 0) is 16.0 Å². The van der Waals surface area contributed by atoms with Gasteiger partial charge in [0.05, 0.1) is 6.54 Å². The number of carbonyl (C=O) groups is 2. The molecule has 2 aromatic carbocycles. The van der Waals surface area contributed by atoms with E-state index in [-0.39, 0.29) is 23.9 Å². The Hall–Kier alpha value is -2.73. The summed E-state index contributed by atoms with van der Waals surface area (Å²) in [5, 5.41) is 2.90. The van der Waals surface area contributed by atoms with Gasteiger partial charge >= 0.3 is 0 Å². The Morgan fingerprint density at radius 1 is 1.21 bits per heavy atom. The van der Waals surface area contributed by atoms with Gasteiger partial charge in [0.15, 0.2) is 5.78 Å². The van der Waals surface area contributed by atoms with E-state index in [4.69, 9.17) is 9.47 Å². The van der Waals surface area contributed by atoms with Crippen molar-refractivity contribution in [3.8, 4) is 16.9 Å². The first kappa shape index (κ1) is 19.6. The first-order chi connectivity index (χ1) is 13.9. The largest absolute Gasteiger partial charge is 0.487 e. The minimum atomic E-state index is -0.401. The number of carbonyl (C=O) groups excluding carboxylic acids is 2. The second-order valence-electron chi connectivity index (χ2n) is 7.74. The first-order valence-electron chi connectivity index (χ1n) is 9.92. The third-order valence-electron chi connectivity index (χ3n) is 5.43. The van der Waals surface area contributed by atoms with Gasteiger partial charge in [-0.25, -0.2) is 4.39 Å². The molecule has 1 fully saturated rings. The van der Waals surface area contributed by atoms with Crippen LogP contribution in [0.1, 0.15) is 41.3 Å². The van der Waals surface area contributed by atoms with E-state index in [1.807, 2.05) is 19.1 Å². The summed E-state index contributed by atoms with van der Waals surface area (Å²) in [6.45, 7) is 4.39. The molecule has 1 amide bonds. The number of ether oxygens (including phenoxy) is 2. The number of aryl methyl sites for hydroxylation is 1. The van der Waals surface area contributed by atoms with Crippen LogP contribution in [0.2, 0.25) is 0 Å². The molecule has 29 heavy (non-hydrogen) atoms. The number of halogens is 1. The molecule has 6 heteroatoms. The van der Waals surface area contributed by atoms with Crippen LogP contribution in [0.5, 0.6) is 5.75 Å². The van der Waals surface area contributed by atoms with Crippen molar-refractivity contribution in [2.75, 3.05) is 13.2 Å². The molecule has 0 saturated carbocycles. The van der Waals surface area contributed by atoms with Crippen LogP contribution in [0.3, 0.4) is 0 Å². The fourth-order valence-corrected chi connectivity index (χ4v) is 3.97. The highest BCUT2D eigenvalue weighted by atomic mass is 19.1. The van der Waals surface area contributed by atoms with Crippen molar-refractivity contribution in [2.24, 2.45) is 0 Å². The van der Waals surface area contributed by atoms with Gasteiger partial charge in [0, 0.05) is 29.7 Å². The van der Waals surface area contributed by atoms with Gasteiger partial charge in [0.2, 0.25) is 5.91 Å². The maximum absolute atomic E-state index is 14.6. The Bertz CT molecular complexity index is 966. The summed E-state index contributed by atoms with van der Waals surface area (Å²) < 4.78 is 26.1. The fourth-order valence-electron chi connectivity index (χ4n) is 3.97. The molecule has 0 radical (unpaired) electrons. The van der Waals surface area contributed by atoms with Crippen LogP contribution >= 0.6 is 0 Å². The Morgan fingerprint density at radius 2 is 2.03 bits per heavy atom. The molecule has 2 heterocycles. The minimum Gasteiger partial charge on any atom is -0.487 e. The highest BCUT2D eigenvalue weighted by Gasteiger charge is 2.29. The molecule has 4 rings (SSSR count). The topological polar surface area (TPSA) is 64.6 Å². The number of nitrogens with one attached hydrogen (secondary N) is 1. The Morgan fingerprint density at radius 3 is 2.76 bits per heavy atom. The van der Waals surface area contributed by atoms with Gasteiger partial charge in [-0.3, -0.25) is 9.59 Å². The number of hydrogen-bond donors (Lipinski definition) is 1. The molecule has 152 valence electrons. The van der Waals surface area contributed by atoms with Crippen LogP contribution < -0.4 is 10.1 Å². The smallest absolute Gasteiger partial charge is 0.249 e. The summed E-state index contributed by atoms with van der Waals surface area (Å²) in [6, 6.07) is 8.26. The molecule has 0 spiro atoms. The van der Waals surface area contributed by atoms with Gasteiger partial charge in [-0.05, 0) is 62.1 Å². The van der Waals surface area contributed by atoms with Gasteiger partial charge in [0.1, 0.15) is 23.8 Å². The van der Waals surface area contributed by atoms with E-state index in [9.17, 15) is 14.0 Å². The van der Waals surface area contributed by atoms with Crippen molar-refractivity contribution < 1.29 is 23.5 Å². The van der Waals surface area contributed by atoms with E-state index >= 15 is 0 Å². The number of rotatable bonds is 5. The molecule has 0 unspecified atom stereocenters. The summed E-state index contributed by atoms with van der Waals surface area (Å²) in [6.07, 6.45) is 1.67. The zero-order valence-electron chi connectivity index (χ0n) is 16.6. The van der Waals surface area contributed by atoms with E-state index in [2.05, 4.69) is 5.32 Å². The maximum Gasteiger partial charge on any atom is 0.249 e. The van der Waals surface area contributed by atoms with Crippen molar-refractivity contribution in [2.45, 2.75) is 45.3 Å². The second-order valence-corrected chi connectivity index (χ2v) is 7.74. The summed E-state index contributed by atoms with van der Waals surface area (Å²) in [7, 11) is 0. The van der Waals surface area contributed by atoms with Gasteiger partial charge in [-0.15, -0.1) is 0 Å². The Labute approximate surface area is 169 Å². The van der Waals surface area contributed by atoms with Gasteiger partial charge in [-0.2, -0.15) is 0 Å². The maximum atomic E-state index is 14.6. The zero-order valence-corrected chi connectivity index (χ0v) is 16.6. The summed E-state index contributed by atoms with van der Waals surface area (Å²) >= 11 is 0. The summed E-state index contributed by atoms with van der Waals surface area (Å²) in [5.41, 5.74) is 3.40. The average Bonchev–Trinajstić information content (AvgIpc) is 3.35. The SMILES string of the molecule is CC(=O)c1ccc(F)c(-c2cc(C)cc3c2O[C@H](CNC(=O)[C@@H]2CCCO2)C3)c1. The zero-order chi connectivity index (χ0) is 20.5. The van der Waals surface area contributed by atoms with Crippen molar-refractivity contribution in [1.29, 1.82) is 0 Å². The predicted octanol–water partition coefficient (Wildman–Crippen LogP) is 3.60. The molecule has 2 aromatic rings. The lowest BCUT2D eigenvalue weighted by Crippen LogP contribution is -2.40. The molecule has 2 aliphatic rings. The van der Waals surface area contributed by atoms with E-state index in [0.29, 0.717) is 42.0 Å². The van der Waals surface area contributed by atoms with Crippen LogP contribution in [0.4, 0.5) is 4.39 Å². The van der Waals surface area contributed by atoms with Crippen LogP contribution in [0.15, 0.2) is 30.3 Å². The molecular formula is C23H24FNO4. The van der Waals surface area contributed by atoms with Gasteiger partial charge in [0.25, 0.3) is 0 Å². The van der Waals surface area contributed by atoms with Crippen molar-refractivity contribution in [3.63, 3.8) is 0 Å². The summed E-state index contributed by atoms with van der Waals surface area (Å²) in [4.78, 5) is 23.9. The molecule has 2 atom stereocenters. The molecule has 2 aliphatic heterocycles. The monoisotopic (exact) mass is 397 g/mol. The normalized spacial score (nSPS) is 20.2.